The minimum atomic E-state index is -0.130. The molecule has 3 aromatic heterocycles. The van der Waals surface area contributed by atoms with Crippen LogP contribution in [-0.4, -0.2) is 33.0 Å². The maximum absolute atomic E-state index is 12.7. The van der Waals surface area contributed by atoms with Gasteiger partial charge in [-0.1, -0.05) is 0 Å². The fourth-order valence-electron chi connectivity index (χ4n) is 3.31. The summed E-state index contributed by atoms with van der Waals surface area (Å²) in [5.74, 6) is 0.639. The Kier molecular flexibility index (Phi) is 5.06. The highest BCUT2D eigenvalue weighted by atomic mass is 32.1. The van der Waals surface area contributed by atoms with E-state index in [0.29, 0.717) is 17.2 Å². The summed E-state index contributed by atoms with van der Waals surface area (Å²) in [5, 5.41) is 6.96. The molecule has 1 unspecified atom stereocenters. The topological polar surface area (TPSA) is 80.4 Å². The van der Waals surface area contributed by atoms with Crippen LogP contribution in [0.25, 0.3) is 0 Å². The van der Waals surface area contributed by atoms with Crippen LogP contribution in [-0.2, 0) is 17.9 Å². The van der Waals surface area contributed by atoms with E-state index in [1.807, 2.05) is 29.2 Å². The molecule has 1 aliphatic rings. The van der Waals surface area contributed by atoms with Crippen LogP contribution in [0.1, 0.15) is 39.2 Å². The summed E-state index contributed by atoms with van der Waals surface area (Å²) in [6.45, 7) is 1.34. The zero-order valence-corrected chi connectivity index (χ0v) is 15.5. The van der Waals surface area contributed by atoms with E-state index in [1.54, 1.807) is 29.4 Å². The number of carbonyl (C=O) groups excluding carboxylic acids is 2. The van der Waals surface area contributed by atoms with Crippen LogP contribution < -0.4 is 5.32 Å². The molecule has 4 heterocycles. The largest absolute Gasteiger partial charge is 0.467 e. The summed E-state index contributed by atoms with van der Waals surface area (Å²) < 4.78 is 6.87. The lowest BCUT2D eigenvalue weighted by Gasteiger charge is -2.23. The molecule has 2 amide bonds. The second-order valence-electron chi connectivity index (χ2n) is 6.41. The van der Waals surface area contributed by atoms with Gasteiger partial charge >= 0.3 is 0 Å². The normalized spacial score (nSPS) is 16.6. The summed E-state index contributed by atoms with van der Waals surface area (Å²) >= 11 is 1.45. The molecule has 1 N–H and O–H groups in total. The lowest BCUT2D eigenvalue weighted by Crippen LogP contribution is -2.33. The Morgan fingerprint density at radius 1 is 1.30 bits per heavy atom. The van der Waals surface area contributed by atoms with Crippen molar-refractivity contribution >= 4 is 23.2 Å². The first-order valence-corrected chi connectivity index (χ1v) is 9.69. The Morgan fingerprint density at radius 2 is 2.22 bits per heavy atom. The van der Waals surface area contributed by atoms with Crippen LogP contribution in [0.2, 0.25) is 0 Å². The highest BCUT2D eigenvalue weighted by Gasteiger charge is 2.31. The third-order valence-corrected chi connectivity index (χ3v) is 5.80. The van der Waals surface area contributed by atoms with E-state index in [2.05, 4.69) is 10.4 Å². The standard InChI is InChI=1S/C19H20N4O3S/c24-18(13-22-9-3-8-21-22)23-10-1-5-15(23)16-6-7-17(27-16)19(25)20-12-14-4-2-11-26-14/h2-4,6-9,11,15H,1,5,10,12-13H2,(H,20,25). The molecule has 0 aromatic carbocycles. The molecule has 0 radical (unpaired) electrons. The molecule has 1 aliphatic heterocycles. The van der Waals surface area contributed by atoms with Gasteiger partial charge in [0.2, 0.25) is 5.91 Å². The quantitative estimate of drug-likeness (QED) is 0.709. The van der Waals surface area contributed by atoms with Gasteiger partial charge in [0.1, 0.15) is 12.3 Å². The molecule has 1 fully saturated rings. The molecule has 27 heavy (non-hydrogen) atoms. The zero-order valence-electron chi connectivity index (χ0n) is 14.7. The summed E-state index contributed by atoms with van der Waals surface area (Å²) in [6, 6.07) is 9.23. The molecule has 0 bridgehead atoms. The van der Waals surface area contributed by atoms with E-state index in [4.69, 9.17) is 4.42 Å². The van der Waals surface area contributed by atoms with Crippen LogP contribution in [0, 0.1) is 0 Å². The predicted molar refractivity (Wildman–Crippen MR) is 100 cm³/mol. The van der Waals surface area contributed by atoms with Crippen molar-refractivity contribution < 1.29 is 14.0 Å². The van der Waals surface area contributed by atoms with Crippen molar-refractivity contribution in [2.75, 3.05) is 6.54 Å². The van der Waals surface area contributed by atoms with Crippen molar-refractivity contribution in [3.8, 4) is 0 Å². The number of amides is 2. The number of aromatic nitrogens is 2. The maximum Gasteiger partial charge on any atom is 0.261 e. The maximum atomic E-state index is 12.7. The first kappa shape index (κ1) is 17.5. The summed E-state index contributed by atoms with van der Waals surface area (Å²) in [5.41, 5.74) is 0. The van der Waals surface area contributed by atoms with Gasteiger partial charge in [-0.2, -0.15) is 5.10 Å². The van der Waals surface area contributed by atoms with Gasteiger partial charge in [0.05, 0.1) is 23.7 Å². The van der Waals surface area contributed by atoms with Crippen molar-refractivity contribution in [1.29, 1.82) is 0 Å². The molecule has 3 aromatic rings. The number of likely N-dealkylation sites (tertiary alicyclic amines) is 1. The third kappa shape index (κ3) is 3.95. The van der Waals surface area contributed by atoms with E-state index in [-0.39, 0.29) is 24.4 Å². The monoisotopic (exact) mass is 384 g/mol. The highest BCUT2D eigenvalue weighted by Crippen LogP contribution is 2.36. The molecule has 4 rings (SSSR count). The lowest BCUT2D eigenvalue weighted by atomic mass is 10.2. The smallest absolute Gasteiger partial charge is 0.261 e. The number of thiophene rings is 1. The summed E-state index contributed by atoms with van der Waals surface area (Å²) in [7, 11) is 0. The molecule has 0 saturated carbocycles. The molecule has 0 aliphatic carbocycles. The molecule has 1 atom stereocenters. The molecular formula is C19H20N4O3S. The Hall–Kier alpha value is -2.87. The predicted octanol–water partition coefficient (Wildman–Crippen LogP) is 2.83. The highest BCUT2D eigenvalue weighted by molar-refractivity contribution is 7.14. The van der Waals surface area contributed by atoms with Crippen LogP contribution in [0.3, 0.4) is 0 Å². The minimum absolute atomic E-state index is 0.0321. The first-order chi connectivity index (χ1) is 13.2. The van der Waals surface area contributed by atoms with E-state index >= 15 is 0 Å². The fourth-order valence-corrected chi connectivity index (χ4v) is 4.38. The fraction of sp³-hybridized carbons (Fsp3) is 0.316. The molecule has 8 heteroatoms. The van der Waals surface area contributed by atoms with Crippen LogP contribution in [0.5, 0.6) is 0 Å². The number of furan rings is 1. The number of carbonyl (C=O) groups is 2. The second-order valence-corrected chi connectivity index (χ2v) is 7.53. The second kappa shape index (κ2) is 7.79. The Morgan fingerprint density at radius 3 is 3.00 bits per heavy atom. The van der Waals surface area contributed by atoms with Gasteiger partial charge in [-0.25, -0.2) is 0 Å². The van der Waals surface area contributed by atoms with Gasteiger partial charge in [-0.05, 0) is 43.2 Å². The van der Waals surface area contributed by atoms with Crippen LogP contribution in [0.15, 0.2) is 53.4 Å². The van der Waals surface area contributed by atoms with Crippen molar-refractivity contribution in [1.82, 2.24) is 20.0 Å². The average molecular weight is 384 g/mol. The molecule has 140 valence electrons. The van der Waals surface area contributed by atoms with Gasteiger partial charge < -0.3 is 14.6 Å². The van der Waals surface area contributed by atoms with Gasteiger partial charge in [-0.15, -0.1) is 11.3 Å². The number of nitrogens with zero attached hydrogens (tertiary/aromatic N) is 3. The summed E-state index contributed by atoms with van der Waals surface area (Å²) in [6.07, 6.45) is 6.92. The van der Waals surface area contributed by atoms with Crippen LogP contribution >= 0.6 is 11.3 Å². The van der Waals surface area contributed by atoms with E-state index in [9.17, 15) is 9.59 Å². The van der Waals surface area contributed by atoms with Gasteiger partial charge in [0, 0.05) is 23.8 Å². The van der Waals surface area contributed by atoms with E-state index in [1.165, 1.54) is 11.3 Å². The first-order valence-electron chi connectivity index (χ1n) is 8.88. The van der Waals surface area contributed by atoms with Crippen molar-refractivity contribution in [2.45, 2.75) is 32.0 Å². The number of hydrogen-bond donors (Lipinski definition) is 1. The van der Waals surface area contributed by atoms with Gasteiger partial charge in [0.15, 0.2) is 0 Å². The van der Waals surface area contributed by atoms with Crippen molar-refractivity contribution in [2.24, 2.45) is 0 Å². The number of rotatable bonds is 6. The Balaban J connectivity index is 1.40. The lowest BCUT2D eigenvalue weighted by molar-refractivity contribution is -0.132. The third-order valence-electron chi connectivity index (χ3n) is 4.61. The molecule has 7 nitrogen and oxygen atoms in total. The molecular weight excluding hydrogens is 364 g/mol. The summed E-state index contributed by atoms with van der Waals surface area (Å²) in [4.78, 5) is 28.6. The van der Waals surface area contributed by atoms with Crippen molar-refractivity contribution in [3.63, 3.8) is 0 Å². The number of nitrogens with one attached hydrogen (secondary N) is 1. The molecule has 1 saturated heterocycles. The minimum Gasteiger partial charge on any atom is -0.467 e. The van der Waals surface area contributed by atoms with Gasteiger partial charge in [-0.3, -0.25) is 14.3 Å². The Labute approximate surface area is 160 Å². The van der Waals surface area contributed by atoms with Crippen molar-refractivity contribution in [3.05, 3.63) is 64.5 Å². The van der Waals surface area contributed by atoms with E-state index in [0.717, 1.165) is 24.3 Å². The molecule has 0 spiro atoms. The Bertz CT molecular complexity index is 901. The van der Waals surface area contributed by atoms with E-state index < -0.39 is 0 Å². The zero-order chi connectivity index (χ0) is 18.6. The average Bonchev–Trinajstić information content (AvgIpc) is 3.47. The van der Waals surface area contributed by atoms with Gasteiger partial charge in [0.25, 0.3) is 5.91 Å². The SMILES string of the molecule is O=C(NCc1ccco1)c1ccc(C2CCCN2C(=O)Cn2cccn2)s1. The number of hydrogen-bond acceptors (Lipinski definition) is 5. The van der Waals surface area contributed by atoms with Crippen LogP contribution in [0.4, 0.5) is 0 Å².